The van der Waals surface area contributed by atoms with E-state index in [0.29, 0.717) is 12.0 Å². The summed E-state index contributed by atoms with van der Waals surface area (Å²) in [5.41, 5.74) is 0. The summed E-state index contributed by atoms with van der Waals surface area (Å²) in [6.45, 7) is 9.46. The van der Waals surface area contributed by atoms with Gasteiger partial charge in [0.05, 0.1) is 6.07 Å². The van der Waals surface area contributed by atoms with Crippen LogP contribution in [-0.4, -0.2) is 36.6 Å². The van der Waals surface area contributed by atoms with Gasteiger partial charge in [-0.15, -0.1) is 0 Å². The highest BCUT2D eigenvalue weighted by molar-refractivity contribution is 4.93. The average Bonchev–Trinajstić information content (AvgIpc) is 2.80. The first-order chi connectivity index (χ1) is 8.17. The molecule has 0 amide bonds. The number of likely N-dealkylation sites (N-methyl/N-ethyl adjacent to an activating group) is 1. The first-order valence-electron chi connectivity index (χ1n) is 7.04. The van der Waals surface area contributed by atoms with E-state index in [0.717, 1.165) is 19.6 Å². The predicted molar refractivity (Wildman–Crippen MR) is 71.7 cm³/mol. The lowest BCUT2D eigenvalue weighted by molar-refractivity contribution is 0.168. The van der Waals surface area contributed by atoms with Crippen molar-refractivity contribution in [3.63, 3.8) is 0 Å². The van der Waals surface area contributed by atoms with E-state index < -0.39 is 0 Å². The van der Waals surface area contributed by atoms with Crippen LogP contribution in [0.15, 0.2) is 0 Å². The summed E-state index contributed by atoms with van der Waals surface area (Å²) in [5, 5.41) is 12.4. The van der Waals surface area contributed by atoms with Gasteiger partial charge in [0.1, 0.15) is 6.04 Å². The van der Waals surface area contributed by atoms with Gasteiger partial charge in [-0.3, -0.25) is 4.90 Å². The zero-order chi connectivity index (χ0) is 12.7. The summed E-state index contributed by atoms with van der Waals surface area (Å²) in [6, 6.07) is 3.08. The van der Waals surface area contributed by atoms with E-state index in [2.05, 4.69) is 37.1 Å². The third kappa shape index (κ3) is 5.06. The van der Waals surface area contributed by atoms with Gasteiger partial charge in [0.25, 0.3) is 0 Å². The molecule has 1 unspecified atom stereocenters. The molecule has 0 aromatic rings. The molecule has 0 aromatic heterocycles. The average molecular weight is 237 g/mol. The van der Waals surface area contributed by atoms with Crippen molar-refractivity contribution in [1.82, 2.24) is 10.2 Å². The first kappa shape index (κ1) is 14.5. The van der Waals surface area contributed by atoms with Crippen LogP contribution in [0.2, 0.25) is 0 Å². The number of nitrogens with zero attached hydrogens (tertiary/aromatic N) is 2. The van der Waals surface area contributed by atoms with Crippen LogP contribution in [0, 0.1) is 17.2 Å². The third-order valence-corrected chi connectivity index (χ3v) is 3.46. The summed E-state index contributed by atoms with van der Waals surface area (Å²) < 4.78 is 0. The van der Waals surface area contributed by atoms with Crippen molar-refractivity contribution < 1.29 is 0 Å². The molecule has 0 aliphatic heterocycles. The maximum Gasteiger partial charge on any atom is 0.108 e. The van der Waals surface area contributed by atoms with E-state index in [9.17, 15) is 0 Å². The van der Waals surface area contributed by atoms with Gasteiger partial charge in [-0.2, -0.15) is 5.26 Å². The van der Waals surface area contributed by atoms with Gasteiger partial charge >= 0.3 is 0 Å². The lowest BCUT2D eigenvalue weighted by Crippen LogP contribution is -2.45. The number of hydrogen-bond acceptors (Lipinski definition) is 3. The molecular weight excluding hydrogens is 210 g/mol. The monoisotopic (exact) mass is 237 g/mol. The lowest BCUT2D eigenvalue weighted by Gasteiger charge is -2.32. The molecule has 1 N–H and O–H groups in total. The Bertz CT molecular complexity index is 238. The van der Waals surface area contributed by atoms with Crippen molar-refractivity contribution in [3.05, 3.63) is 0 Å². The first-order valence-corrected chi connectivity index (χ1v) is 7.04. The Hall–Kier alpha value is -0.590. The smallest absolute Gasteiger partial charge is 0.108 e. The Balaban J connectivity index is 2.52. The zero-order valence-corrected chi connectivity index (χ0v) is 11.6. The van der Waals surface area contributed by atoms with Crippen LogP contribution in [0.25, 0.3) is 0 Å². The summed E-state index contributed by atoms with van der Waals surface area (Å²) in [4.78, 5) is 2.54. The van der Waals surface area contributed by atoms with Crippen LogP contribution in [0.3, 0.4) is 0 Å². The molecule has 1 aliphatic carbocycles. The Kier molecular flexibility index (Phi) is 6.54. The summed E-state index contributed by atoms with van der Waals surface area (Å²) in [6.07, 6.45) is 5.35. The van der Waals surface area contributed by atoms with Crippen molar-refractivity contribution in [1.29, 1.82) is 5.26 Å². The highest BCUT2D eigenvalue weighted by atomic mass is 15.2. The Morgan fingerprint density at radius 3 is 2.41 bits per heavy atom. The van der Waals surface area contributed by atoms with E-state index in [1.807, 2.05) is 0 Å². The summed E-state index contributed by atoms with van der Waals surface area (Å²) in [5.74, 6) is 0.677. The molecular formula is C14H27N3. The van der Waals surface area contributed by atoms with Crippen LogP contribution in [-0.2, 0) is 0 Å². The molecule has 0 heterocycles. The molecule has 1 aliphatic rings. The molecule has 0 aromatic carbocycles. The standard InChI is InChI=1S/C14H27N3/c1-4-16-13(9-15)11-17(10-12(2)3)14-7-5-6-8-14/h12-14,16H,4-8,10-11H2,1-3H3. The second-order valence-electron chi connectivity index (χ2n) is 5.53. The Labute approximate surface area is 106 Å². The molecule has 1 saturated carbocycles. The fourth-order valence-electron chi connectivity index (χ4n) is 2.74. The van der Waals surface area contributed by atoms with Crippen LogP contribution >= 0.6 is 0 Å². The minimum Gasteiger partial charge on any atom is -0.301 e. The number of nitriles is 1. The molecule has 1 fully saturated rings. The van der Waals surface area contributed by atoms with Crippen molar-refractivity contribution in [2.24, 2.45) is 5.92 Å². The van der Waals surface area contributed by atoms with Gasteiger partial charge in [-0.25, -0.2) is 0 Å². The number of rotatable bonds is 7. The van der Waals surface area contributed by atoms with E-state index >= 15 is 0 Å². The molecule has 3 nitrogen and oxygen atoms in total. The van der Waals surface area contributed by atoms with E-state index in [1.54, 1.807) is 0 Å². The van der Waals surface area contributed by atoms with Gasteiger partial charge in [0.15, 0.2) is 0 Å². The van der Waals surface area contributed by atoms with Gasteiger partial charge in [0.2, 0.25) is 0 Å². The molecule has 17 heavy (non-hydrogen) atoms. The Morgan fingerprint density at radius 1 is 1.29 bits per heavy atom. The van der Waals surface area contributed by atoms with Crippen LogP contribution in [0.5, 0.6) is 0 Å². The minimum atomic E-state index is -0.0145. The maximum absolute atomic E-state index is 9.14. The summed E-state index contributed by atoms with van der Waals surface area (Å²) >= 11 is 0. The van der Waals surface area contributed by atoms with Gasteiger partial charge < -0.3 is 5.32 Å². The predicted octanol–water partition coefficient (Wildman–Crippen LogP) is 2.39. The van der Waals surface area contributed by atoms with E-state index in [1.165, 1.54) is 25.7 Å². The number of nitrogens with one attached hydrogen (secondary N) is 1. The third-order valence-electron chi connectivity index (χ3n) is 3.46. The van der Waals surface area contributed by atoms with Crippen LogP contribution in [0.1, 0.15) is 46.5 Å². The lowest BCUT2D eigenvalue weighted by atomic mass is 10.1. The molecule has 0 spiro atoms. The molecule has 0 bridgehead atoms. The fourth-order valence-corrected chi connectivity index (χ4v) is 2.74. The highest BCUT2D eigenvalue weighted by Gasteiger charge is 2.25. The molecule has 0 radical (unpaired) electrons. The van der Waals surface area contributed by atoms with Crippen molar-refractivity contribution >= 4 is 0 Å². The molecule has 1 atom stereocenters. The largest absolute Gasteiger partial charge is 0.301 e. The van der Waals surface area contributed by atoms with Gasteiger partial charge in [0, 0.05) is 19.1 Å². The van der Waals surface area contributed by atoms with Crippen molar-refractivity contribution in [3.8, 4) is 6.07 Å². The fraction of sp³-hybridized carbons (Fsp3) is 0.929. The minimum absolute atomic E-state index is 0.0145. The van der Waals surface area contributed by atoms with Crippen molar-refractivity contribution in [2.75, 3.05) is 19.6 Å². The molecule has 3 heteroatoms. The topological polar surface area (TPSA) is 39.1 Å². The quantitative estimate of drug-likeness (QED) is 0.739. The molecule has 0 saturated heterocycles. The zero-order valence-electron chi connectivity index (χ0n) is 11.6. The Morgan fingerprint density at radius 2 is 1.94 bits per heavy atom. The van der Waals surface area contributed by atoms with Crippen LogP contribution in [0.4, 0.5) is 0 Å². The van der Waals surface area contributed by atoms with Gasteiger partial charge in [-0.1, -0.05) is 33.6 Å². The second kappa shape index (κ2) is 7.68. The highest BCUT2D eigenvalue weighted by Crippen LogP contribution is 2.24. The van der Waals surface area contributed by atoms with Crippen LogP contribution < -0.4 is 5.32 Å². The van der Waals surface area contributed by atoms with Gasteiger partial charge in [-0.05, 0) is 25.3 Å². The molecule has 1 rings (SSSR count). The van der Waals surface area contributed by atoms with Crippen molar-refractivity contribution in [2.45, 2.75) is 58.5 Å². The maximum atomic E-state index is 9.14. The van der Waals surface area contributed by atoms with E-state index in [-0.39, 0.29) is 6.04 Å². The normalized spacial score (nSPS) is 18.8. The number of hydrogen-bond donors (Lipinski definition) is 1. The van der Waals surface area contributed by atoms with E-state index in [4.69, 9.17) is 5.26 Å². The summed E-state index contributed by atoms with van der Waals surface area (Å²) in [7, 11) is 0. The SMILES string of the molecule is CCNC(C#N)CN(CC(C)C)C1CCCC1. The molecule has 98 valence electrons. The second-order valence-corrected chi connectivity index (χ2v) is 5.53.